The second kappa shape index (κ2) is 3.81. The molecule has 2 N–H and O–H groups in total. The number of carbonyl (C=O) groups excluding carboxylic acids is 1. The van der Waals surface area contributed by atoms with Crippen molar-refractivity contribution in [2.45, 2.75) is 26.8 Å². The maximum Gasteiger partial charge on any atom is 0.225 e. The van der Waals surface area contributed by atoms with E-state index in [1.165, 1.54) is 11.3 Å². The third kappa shape index (κ3) is 1.97. The third-order valence-electron chi connectivity index (χ3n) is 2.55. The molecule has 0 bridgehead atoms. The number of hydrogen-bond acceptors (Lipinski definition) is 4. The molecule has 2 rings (SSSR count). The van der Waals surface area contributed by atoms with E-state index in [2.05, 4.69) is 4.98 Å². The van der Waals surface area contributed by atoms with Crippen molar-refractivity contribution in [2.24, 2.45) is 5.92 Å². The highest BCUT2D eigenvalue weighted by atomic mass is 32.1. The highest BCUT2D eigenvalue weighted by molar-refractivity contribution is 7.15. The van der Waals surface area contributed by atoms with Gasteiger partial charge in [0.25, 0.3) is 0 Å². The van der Waals surface area contributed by atoms with Gasteiger partial charge in [0.1, 0.15) is 0 Å². The lowest BCUT2D eigenvalue weighted by Gasteiger charge is -2.27. The quantitative estimate of drug-likeness (QED) is 0.783. The zero-order chi connectivity index (χ0) is 11.0. The number of rotatable bonds is 1. The van der Waals surface area contributed by atoms with Crippen LogP contribution in [0.25, 0.3) is 0 Å². The van der Waals surface area contributed by atoms with Gasteiger partial charge in [-0.1, -0.05) is 13.8 Å². The predicted octanol–water partition coefficient (Wildman–Crippen LogP) is 1.27. The van der Waals surface area contributed by atoms with Crippen molar-refractivity contribution in [3.05, 3.63) is 10.6 Å². The average Bonchev–Trinajstić information content (AvgIpc) is 2.55. The Bertz CT molecular complexity index is 386. The molecule has 1 amide bonds. The number of nitrogens with two attached hydrogens (primary N) is 1. The summed E-state index contributed by atoms with van der Waals surface area (Å²) in [6.07, 6.45) is 0.835. The molecule has 0 saturated carbocycles. The molecule has 2 heterocycles. The van der Waals surface area contributed by atoms with Crippen LogP contribution in [0.3, 0.4) is 0 Å². The number of hydrogen-bond donors (Lipinski definition) is 1. The van der Waals surface area contributed by atoms with Gasteiger partial charge in [-0.05, 0) is 0 Å². The normalized spacial score (nSPS) is 15.5. The van der Waals surface area contributed by atoms with Crippen LogP contribution in [-0.2, 0) is 17.8 Å². The summed E-state index contributed by atoms with van der Waals surface area (Å²) >= 11 is 1.50. The van der Waals surface area contributed by atoms with Crippen LogP contribution in [0, 0.1) is 5.92 Å². The summed E-state index contributed by atoms with van der Waals surface area (Å²) in [5.41, 5.74) is 6.72. The second-order valence-electron chi connectivity index (χ2n) is 4.09. The first-order valence-corrected chi connectivity index (χ1v) is 5.92. The number of anilines is 1. The summed E-state index contributed by atoms with van der Waals surface area (Å²) in [6.45, 7) is 5.31. The first kappa shape index (κ1) is 10.4. The summed E-state index contributed by atoms with van der Waals surface area (Å²) in [5, 5.41) is 0.610. The Hall–Kier alpha value is -1.10. The van der Waals surface area contributed by atoms with Gasteiger partial charge >= 0.3 is 0 Å². The summed E-state index contributed by atoms with van der Waals surface area (Å²) in [5.74, 6) is 0.282. The molecular formula is C10H15N3OS. The van der Waals surface area contributed by atoms with E-state index in [0.29, 0.717) is 11.7 Å². The van der Waals surface area contributed by atoms with Gasteiger partial charge in [-0.15, -0.1) is 11.3 Å². The molecule has 5 heteroatoms. The SMILES string of the molecule is CC(C)C(=O)N1CCc2nc(N)sc2C1. The van der Waals surface area contributed by atoms with Crippen LogP contribution in [0.2, 0.25) is 0 Å². The van der Waals surface area contributed by atoms with Crippen molar-refractivity contribution in [3.63, 3.8) is 0 Å². The molecule has 82 valence electrons. The summed E-state index contributed by atoms with van der Waals surface area (Å²) in [6, 6.07) is 0. The number of nitrogen functional groups attached to an aromatic ring is 1. The summed E-state index contributed by atoms with van der Waals surface area (Å²) in [4.78, 5) is 19.1. The van der Waals surface area contributed by atoms with Crippen molar-refractivity contribution in [1.29, 1.82) is 0 Å². The number of thiazole rings is 1. The Balaban J connectivity index is 2.15. The van der Waals surface area contributed by atoms with E-state index >= 15 is 0 Å². The van der Waals surface area contributed by atoms with Gasteiger partial charge < -0.3 is 10.6 Å². The minimum absolute atomic E-state index is 0.0665. The van der Waals surface area contributed by atoms with Crippen molar-refractivity contribution in [1.82, 2.24) is 9.88 Å². The smallest absolute Gasteiger partial charge is 0.225 e. The van der Waals surface area contributed by atoms with Crippen LogP contribution in [0.5, 0.6) is 0 Å². The molecule has 0 atom stereocenters. The molecule has 0 unspecified atom stereocenters. The zero-order valence-electron chi connectivity index (χ0n) is 8.99. The summed E-state index contributed by atoms with van der Waals surface area (Å²) < 4.78 is 0. The number of aromatic nitrogens is 1. The van der Waals surface area contributed by atoms with E-state index in [9.17, 15) is 4.79 Å². The Morgan fingerprint density at radius 1 is 1.60 bits per heavy atom. The van der Waals surface area contributed by atoms with E-state index in [1.54, 1.807) is 0 Å². The number of amides is 1. The lowest BCUT2D eigenvalue weighted by molar-refractivity contribution is -0.135. The predicted molar refractivity (Wildman–Crippen MR) is 60.5 cm³/mol. The van der Waals surface area contributed by atoms with Gasteiger partial charge in [0, 0.05) is 23.8 Å². The minimum Gasteiger partial charge on any atom is -0.375 e. The first-order chi connectivity index (χ1) is 7.08. The Kier molecular flexibility index (Phi) is 2.65. The largest absolute Gasteiger partial charge is 0.375 e. The van der Waals surface area contributed by atoms with Gasteiger partial charge in [0.05, 0.1) is 12.2 Å². The molecule has 0 spiro atoms. The van der Waals surface area contributed by atoms with Crippen LogP contribution < -0.4 is 5.73 Å². The fourth-order valence-corrected chi connectivity index (χ4v) is 2.66. The molecule has 4 nitrogen and oxygen atoms in total. The number of carbonyl (C=O) groups is 1. The van der Waals surface area contributed by atoms with Crippen molar-refractivity contribution < 1.29 is 4.79 Å². The minimum atomic E-state index is 0.0665. The van der Waals surface area contributed by atoms with E-state index in [4.69, 9.17) is 5.73 Å². The van der Waals surface area contributed by atoms with E-state index in [0.717, 1.165) is 23.5 Å². The highest BCUT2D eigenvalue weighted by Crippen LogP contribution is 2.26. The molecule has 1 aliphatic heterocycles. The molecule has 1 aromatic heterocycles. The van der Waals surface area contributed by atoms with Gasteiger partial charge in [-0.2, -0.15) is 0 Å². The molecule has 0 saturated heterocycles. The van der Waals surface area contributed by atoms with Crippen LogP contribution in [0.1, 0.15) is 24.4 Å². The van der Waals surface area contributed by atoms with Crippen LogP contribution >= 0.6 is 11.3 Å². The van der Waals surface area contributed by atoms with Gasteiger partial charge in [-0.25, -0.2) is 4.98 Å². The molecule has 1 aliphatic rings. The maximum absolute atomic E-state index is 11.8. The Morgan fingerprint density at radius 3 is 3.00 bits per heavy atom. The van der Waals surface area contributed by atoms with Gasteiger partial charge in [0.15, 0.2) is 5.13 Å². The van der Waals surface area contributed by atoms with Crippen LogP contribution in [0.4, 0.5) is 5.13 Å². The van der Waals surface area contributed by atoms with Gasteiger partial charge in [0.2, 0.25) is 5.91 Å². The monoisotopic (exact) mass is 225 g/mol. The third-order valence-corrected chi connectivity index (χ3v) is 3.46. The fourth-order valence-electron chi connectivity index (χ4n) is 1.77. The maximum atomic E-state index is 11.8. The standard InChI is InChI=1S/C10H15N3OS/c1-6(2)9(14)13-4-3-7-8(5-13)15-10(11)12-7/h6H,3-5H2,1-2H3,(H2,11,12). The molecule has 1 aromatic rings. The Morgan fingerprint density at radius 2 is 2.33 bits per heavy atom. The van der Waals surface area contributed by atoms with Crippen molar-refractivity contribution in [2.75, 3.05) is 12.3 Å². The van der Waals surface area contributed by atoms with Crippen LogP contribution in [-0.4, -0.2) is 22.3 Å². The highest BCUT2D eigenvalue weighted by Gasteiger charge is 2.24. The van der Waals surface area contributed by atoms with Crippen molar-refractivity contribution >= 4 is 22.4 Å². The van der Waals surface area contributed by atoms with E-state index < -0.39 is 0 Å². The lowest BCUT2D eigenvalue weighted by atomic mass is 10.1. The molecule has 0 radical (unpaired) electrons. The van der Waals surface area contributed by atoms with Crippen molar-refractivity contribution in [3.8, 4) is 0 Å². The second-order valence-corrected chi connectivity index (χ2v) is 5.20. The fraction of sp³-hybridized carbons (Fsp3) is 0.600. The molecule has 0 aromatic carbocycles. The summed E-state index contributed by atoms with van der Waals surface area (Å²) in [7, 11) is 0. The van der Waals surface area contributed by atoms with Gasteiger partial charge in [-0.3, -0.25) is 4.79 Å². The van der Waals surface area contributed by atoms with Crippen LogP contribution in [0.15, 0.2) is 0 Å². The number of nitrogens with zero attached hydrogens (tertiary/aromatic N) is 2. The molecular weight excluding hydrogens is 210 g/mol. The number of fused-ring (bicyclic) bond motifs is 1. The van der Waals surface area contributed by atoms with E-state index in [1.807, 2.05) is 18.7 Å². The van der Waals surface area contributed by atoms with E-state index in [-0.39, 0.29) is 11.8 Å². The lowest BCUT2D eigenvalue weighted by Crippen LogP contribution is -2.37. The molecule has 0 fully saturated rings. The average molecular weight is 225 g/mol. The molecule has 15 heavy (non-hydrogen) atoms. The topological polar surface area (TPSA) is 59.2 Å². The Labute approximate surface area is 93.1 Å². The molecule has 0 aliphatic carbocycles. The zero-order valence-corrected chi connectivity index (χ0v) is 9.80. The first-order valence-electron chi connectivity index (χ1n) is 5.10.